The molecular formula is C23H22Cl3N3O5S2. The van der Waals surface area contributed by atoms with Crippen LogP contribution in [0.5, 0.6) is 0 Å². The van der Waals surface area contributed by atoms with E-state index in [-0.39, 0.29) is 40.9 Å². The van der Waals surface area contributed by atoms with Crippen LogP contribution in [-0.2, 0) is 24.8 Å². The first-order valence-corrected chi connectivity index (χ1v) is 14.9. The van der Waals surface area contributed by atoms with Crippen LogP contribution in [0.15, 0.2) is 71.6 Å². The molecule has 8 nitrogen and oxygen atoms in total. The standard InChI is InChI=1S/C23H22Cl3N3O5S2/c1-35(31,32)29(22-15-17(25)6-13-21(22)26)14-2-3-23(30)27-18-9-11-20(12-10-18)36(33,34)28-19-7-4-16(24)5-8-19/h4-13,15,28H,2-3,14H2,1H3,(H,27,30). The van der Waals surface area contributed by atoms with Gasteiger partial charge in [-0.05, 0) is 73.2 Å². The van der Waals surface area contributed by atoms with Crippen molar-refractivity contribution >= 4 is 77.8 Å². The van der Waals surface area contributed by atoms with Crippen LogP contribution < -0.4 is 14.3 Å². The summed E-state index contributed by atoms with van der Waals surface area (Å²) in [6.45, 7) is 0.0138. The second-order valence-corrected chi connectivity index (χ2v) is 12.6. The number of halogens is 3. The highest BCUT2D eigenvalue weighted by Crippen LogP contribution is 2.31. The number of amides is 1. The lowest BCUT2D eigenvalue weighted by atomic mass is 10.2. The van der Waals surface area contributed by atoms with E-state index < -0.39 is 20.0 Å². The number of hydrogen-bond acceptors (Lipinski definition) is 5. The number of sulfonamides is 2. The van der Waals surface area contributed by atoms with Crippen molar-refractivity contribution in [3.8, 4) is 0 Å². The lowest BCUT2D eigenvalue weighted by Crippen LogP contribution is -2.31. The van der Waals surface area contributed by atoms with E-state index in [4.69, 9.17) is 34.8 Å². The molecule has 0 unspecified atom stereocenters. The highest BCUT2D eigenvalue weighted by atomic mass is 35.5. The van der Waals surface area contributed by atoms with Gasteiger partial charge in [-0.2, -0.15) is 0 Å². The predicted molar refractivity (Wildman–Crippen MR) is 145 cm³/mol. The van der Waals surface area contributed by atoms with Gasteiger partial charge in [0.05, 0.1) is 21.9 Å². The molecule has 3 aromatic rings. The Hall–Kier alpha value is -2.50. The number of hydrogen-bond donors (Lipinski definition) is 2. The van der Waals surface area contributed by atoms with Crippen molar-refractivity contribution in [3.63, 3.8) is 0 Å². The Morgan fingerprint density at radius 1 is 0.833 bits per heavy atom. The molecule has 0 bridgehead atoms. The monoisotopic (exact) mass is 589 g/mol. The van der Waals surface area contributed by atoms with Crippen LogP contribution in [0.3, 0.4) is 0 Å². The fourth-order valence-corrected chi connectivity index (χ4v) is 5.79. The maximum absolute atomic E-state index is 12.6. The summed E-state index contributed by atoms with van der Waals surface area (Å²) < 4.78 is 53.2. The van der Waals surface area contributed by atoms with Gasteiger partial charge in [0.1, 0.15) is 0 Å². The zero-order valence-electron chi connectivity index (χ0n) is 18.9. The number of anilines is 3. The third kappa shape index (κ3) is 7.75. The van der Waals surface area contributed by atoms with Gasteiger partial charge in [-0.1, -0.05) is 34.8 Å². The number of nitrogens with one attached hydrogen (secondary N) is 2. The molecule has 0 saturated carbocycles. The highest BCUT2D eigenvalue weighted by molar-refractivity contribution is 7.92. The van der Waals surface area contributed by atoms with Gasteiger partial charge in [0, 0.05) is 34.4 Å². The Kier molecular flexibility index (Phi) is 9.13. The highest BCUT2D eigenvalue weighted by Gasteiger charge is 2.21. The van der Waals surface area contributed by atoms with Gasteiger partial charge in [-0.3, -0.25) is 13.8 Å². The van der Waals surface area contributed by atoms with E-state index in [9.17, 15) is 21.6 Å². The minimum absolute atomic E-state index is 0.0117. The van der Waals surface area contributed by atoms with Crippen molar-refractivity contribution in [2.24, 2.45) is 0 Å². The van der Waals surface area contributed by atoms with Crippen LogP contribution in [0.1, 0.15) is 12.8 Å². The fourth-order valence-electron chi connectivity index (χ4n) is 3.20. The first kappa shape index (κ1) is 28.1. The van der Waals surface area contributed by atoms with E-state index in [0.29, 0.717) is 21.4 Å². The Balaban J connectivity index is 1.59. The number of nitrogens with zero attached hydrogens (tertiary/aromatic N) is 1. The Bertz CT molecular complexity index is 1450. The third-order valence-corrected chi connectivity index (χ3v) is 8.27. The molecule has 0 aromatic heterocycles. The molecule has 0 aliphatic carbocycles. The number of benzene rings is 3. The second-order valence-electron chi connectivity index (χ2n) is 7.72. The van der Waals surface area contributed by atoms with Crippen LogP contribution >= 0.6 is 34.8 Å². The maximum atomic E-state index is 12.6. The lowest BCUT2D eigenvalue weighted by Gasteiger charge is -2.23. The summed E-state index contributed by atoms with van der Waals surface area (Å²) in [6, 6.07) is 16.4. The molecular weight excluding hydrogens is 569 g/mol. The van der Waals surface area contributed by atoms with E-state index >= 15 is 0 Å². The first-order chi connectivity index (χ1) is 16.8. The van der Waals surface area contributed by atoms with Crippen molar-refractivity contribution in [2.45, 2.75) is 17.7 Å². The molecule has 2 N–H and O–H groups in total. The van der Waals surface area contributed by atoms with Crippen LogP contribution in [0.2, 0.25) is 15.1 Å². The van der Waals surface area contributed by atoms with Crippen LogP contribution in [0, 0.1) is 0 Å². The molecule has 0 saturated heterocycles. The molecule has 0 spiro atoms. The molecule has 1 amide bonds. The molecule has 3 aromatic carbocycles. The summed E-state index contributed by atoms with van der Waals surface area (Å²) in [4.78, 5) is 12.4. The van der Waals surface area contributed by atoms with E-state index in [1.165, 1.54) is 36.4 Å². The second kappa shape index (κ2) is 11.7. The van der Waals surface area contributed by atoms with Gasteiger partial charge in [0.25, 0.3) is 10.0 Å². The normalized spacial score (nSPS) is 11.7. The number of carbonyl (C=O) groups excluding carboxylic acids is 1. The molecule has 0 radical (unpaired) electrons. The zero-order valence-corrected chi connectivity index (χ0v) is 22.8. The first-order valence-electron chi connectivity index (χ1n) is 10.5. The third-order valence-electron chi connectivity index (χ3n) is 4.89. The van der Waals surface area contributed by atoms with Crippen molar-refractivity contribution in [1.29, 1.82) is 0 Å². The topological polar surface area (TPSA) is 113 Å². The quantitative estimate of drug-likeness (QED) is 0.318. The van der Waals surface area contributed by atoms with Gasteiger partial charge >= 0.3 is 0 Å². The van der Waals surface area contributed by atoms with Crippen LogP contribution in [0.25, 0.3) is 0 Å². The summed E-state index contributed by atoms with van der Waals surface area (Å²) in [5.41, 5.74) is 0.985. The molecule has 0 heterocycles. The number of rotatable bonds is 10. The molecule has 3 rings (SSSR count). The van der Waals surface area contributed by atoms with Crippen LogP contribution in [0.4, 0.5) is 17.1 Å². The lowest BCUT2D eigenvalue weighted by molar-refractivity contribution is -0.116. The summed E-state index contributed by atoms with van der Waals surface area (Å²) in [5, 5.41) is 3.69. The largest absolute Gasteiger partial charge is 0.326 e. The van der Waals surface area contributed by atoms with Crippen molar-refractivity contribution in [2.75, 3.05) is 27.1 Å². The van der Waals surface area contributed by atoms with Crippen LogP contribution in [-0.4, -0.2) is 35.5 Å². The van der Waals surface area contributed by atoms with E-state index in [0.717, 1.165) is 10.6 Å². The molecule has 0 fully saturated rings. The molecule has 13 heteroatoms. The van der Waals surface area contributed by atoms with E-state index in [1.54, 1.807) is 30.3 Å². The average molecular weight is 591 g/mol. The summed E-state index contributed by atoms with van der Waals surface area (Å²) >= 11 is 17.9. The summed E-state index contributed by atoms with van der Waals surface area (Å²) in [7, 11) is -7.50. The molecule has 0 aliphatic heterocycles. The molecule has 0 atom stereocenters. The van der Waals surface area contributed by atoms with Gasteiger partial charge < -0.3 is 5.32 Å². The maximum Gasteiger partial charge on any atom is 0.261 e. The number of carbonyl (C=O) groups is 1. The van der Waals surface area contributed by atoms with Crippen molar-refractivity contribution in [1.82, 2.24) is 0 Å². The summed E-state index contributed by atoms with van der Waals surface area (Å²) in [6.07, 6.45) is 1.27. The Morgan fingerprint density at radius 3 is 2.03 bits per heavy atom. The van der Waals surface area contributed by atoms with Gasteiger partial charge in [0.15, 0.2) is 0 Å². The SMILES string of the molecule is CS(=O)(=O)N(CCCC(=O)Nc1ccc(S(=O)(=O)Nc2ccc(Cl)cc2)cc1)c1cc(Cl)ccc1Cl. The van der Waals surface area contributed by atoms with E-state index in [2.05, 4.69) is 10.0 Å². The summed E-state index contributed by atoms with van der Waals surface area (Å²) in [5.74, 6) is -0.365. The molecule has 192 valence electrons. The smallest absolute Gasteiger partial charge is 0.261 e. The predicted octanol–water partition coefficient (Wildman–Crippen LogP) is 5.63. The minimum Gasteiger partial charge on any atom is -0.326 e. The zero-order chi connectivity index (χ0) is 26.5. The average Bonchev–Trinajstić information content (AvgIpc) is 2.79. The fraction of sp³-hybridized carbons (Fsp3) is 0.174. The van der Waals surface area contributed by atoms with Gasteiger partial charge in [-0.25, -0.2) is 16.8 Å². The molecule has 36 heavy (non-hydrogen) atoms. The molecule has 0 aliphatic rings. The van der Waals surface area contributed by atoms with Crippen molar-refractivity contribution < 1.29 is 21.6 Å². The Labute approximate surface area is 225 Å². The van der Waals surface area contributed by atoms with Gasteiger partial charge in [0.2, 0.25) is 15.9 Å². The van der Waals surface area contributed by atoms with E-state index in [1.807, 2.05) is 0 Å². The Morgan fingerprint density at radius 2 is 1.42 bits per heavy atom. The minimum atomic E-state index is -3.83. The van der Waals surface area contributed by atoms with Crippen molar-refractivity contribution in [3.05, 3.63) is 81.8 Å². The van der Waals surface area contributed by atoms with Gasteiger partial charge in [-0.15, -0.1) is 0 Å².